The van der Waals surface area contributed by atoms with Crippen molar-refractivity contribution in [3.63, 3.8) is 0 Å². The van der Waals surface area contributed by atoms with Crippen molar-refractivity contribution in [1.82, 2.24) is 0 Å². The van der Waals surface area contributed by atoms with Gasteiger partial charge in [0.2, 0.25) is 0 Å². The van der Waals surface area contributed by atoms with E-state index in [1.165, 1.54) is 11.8 Å². The Hall–Kier alpha value is -2.04. The van der Waals surface area contributed by atoms with Gasteiger partial charge in [-0.2, -0.15) is 0 Å². The third kappa shape index (κ3) is 2.08. The normalized spacial score (nSPS) is 18.6. The van der Waals surface area contributed by atoms with Gasteiger partial charge < -0.3 is 10.5 Å². The van der Waals surface area contributed by atoms with Crippen molar-refractivity contribution in [2.24, 2.45) is 0 Å². The largest absolute Gasteiger partial charge is 0.479 e. The van der Waals surface area contributed by atoms with Crippen LogP contribution in [0.4, 0.5) is 11.4 Å². The summed E-state index contributed by atoms with van der Waals surface area (Å²) in [6.45, 7) is 3.15. The maximum Gasteiger partial charge on any atom is 0.268 e. The van der Waals surface area contributed by atoms with Crippen molar-refractivity contribution >= 4 is 23.1 Å². The minimum atomic E-state index is -0.578. The molecule has 0 fully saturated rings. The van der Waals surface area contributed by atoms with Crippen LogP contribution in [-0.4, -0.2) is 24.3 Å². The van der Waals surface area contributed by atoms with Gasteiger partial charge in [-0.15, -0.1) is 0 Å². The lowest BCUT2D eigenvalue weighted by atomic mass is 10.1. The lowest BCUT2D eigenvalue weighted by Crippen LogP contribution is -2.46. The summed E-state index contributed by atoms with van der Waals surface area (Å²) in [5, 5.41) is 0. The average molecular weight is 234 g/mol. The summed E-state index contributed by atoms with van der Waals surface area (Å²) in [6, 6.07) is 5.05. The number of ether oxygens (including phenoxy) is 1. The highest BCUT2D eigenvalue weighted by atomic mass is 16.5. The van der Waals surface area contributed by atoms with Crippen LogP contribution in [0.3, 0.4) is 0 Å². The minimum absolute atomic E-state index is 0.0446. The van der Waals surface area contributed by atoms with Gasteiger partial charge in [0, 0.05) is 5.69 Å². The molecule has 1 atom stereocenters. The Morgan fingerprint density at radius 1 is 1.53 bits per heavy atom. The smallest absolute Gasteiger partial charge is 0.268 e. The number of nitrogen functional groups attached to an aromatic ring is 1. The molecule has 0 spiro atoms. The SMILES string of the molecule is CC(=O)CN1C(=O)C(C)Oc2ccc(N)cc21. The van der Waals surface area contributed by atoms with Crippen molar-refractivity contribution in [3.8, 4) is 5.75 Å². The number of anilines is 2. The zero-order valence-electron chi connectivity index (χ0n) is 9.77. The highest BCUT2D eigenvalue weighted by Crippen LogP contribution is 2.35. The number of rotatable bonds is 2. The van der Waals surface area contributed by atoms with Gasteiger partial charge in [0.05, 0.1) is 12.2 Å². The van der Waals surface area contributed by atoms with Crippen molar-refractivity contribution in [2.75, 3.05) is 17.2 Å². The van der Waals surface area contributed by atoms with E-state index in [2.05, 4.69) is 0 Å². The van der Waals surface area contributed by atoms with Gasteiger partial charge in [0.15, 0.2) is 6.10 Å². The van der Waals surface area contributed by atoms with Crippen LogP contribution in [0.2, 0.25) is 0 Å². The monoisotopic (exact) mass is 234 g/mol. The highest BCUT2D eigenvalue weighted by Gasteiger charge is 2.32. The molecule has 5 heteroatoms. The molecule has 0 saturated carbocycles. The predicted molar refractivity (Wildman–Crippen MR) is 64.0 cm³/mol. The van der Waals surface area contributed by atoms with Gasteiger partial charge in [-0.1, -0.05) is 0 Å². The lowest BCUT2D eigenvalue weighted by molar-refractivity contribution is -0.127. The van der Waals surface area contributed by atoms with Crippen LogP contribution in [0.15, 0.2) is 18.2 Å². The Morgan fingerprint density at radius 2 is 2.24 bits per heavy atom. The first-order chi connectivity index (χ1) is 7.99. The van der Waals surface area contributed by atoms with E-state index in [0.717, 1.165) is 0 Å². The number of fused-ring (bicyclic) bond motifs is 1. The zero-order valence-corrected chi connectivity index (χ0v) is 9.77. The molecule has 2 rings (SSSR count). The fraction of sp³-hybridized carbons (Fsp3) is 0.333. The first-order valence-corrected chi connectivity index (χ1v) is 5.36. The van der Waals surface area contributed by atoms with Crippen molar-refractivity contribution in [3.05, 3.63) is 18.2 Å². The van der Waals surface area contributed by atoms with Gasteiger partial charge in [0.1, 0.15) is 11.5 Å². The fourth-order valence-corrected chi connectivity index (χ4v) is 1.81. The van der Waals surface area contributed by atoms with Gasteiger partial charge in [-0.25, -0.2) is 0 Å². The standard InChI is InChI=1S/C12H14N2O3/c1-7(15)6-14-10-5-9(13)3-4-11(10)17-8(2)12(14)16/h3-5,8H,6,13H2,1-2H3. The molecule has 5 nitrogen and oxygen atoms in total. The molecular formula is C12H14N2O3. The summed E-state index contributed by atoms with van der Waals surface area (Å²) in [5.74, 6) is 0.270. The number of hydrogen-bond acceptors (Lipinski definition) is 4. The third-order valence-electron chi connectivity index (χ3n) is 2.57. The molecule has 0 aromatic heterocycles. The van der Waals surface area contributed by atoms with Crippen molar-refractivity contribution in [2.45, 2.75) is 20.0 Å². The Bertz CT molecular complexity index is 485. The molecule has 1 aliphatic heterocycles. The van der Waals surface area contributed by atoms with E-state index >= 15 is 0 Å². The van der Waals surface area contributed by atoms with Crippen LogP contribution in [-0.2, 0) is 9.59 Å². The second-order valence-electron chi connectivity index (χ2n) is 4.11. The number of ketones is 1. The fourth-order valence-electron chi connectivity index (χ4n) is 1.81. The summed E-state index contributed by atoms with van der Waals surface area (Å²) in [6.07, 6.45) is -0.578. The molecule has 0 saturated heterocycles. The molecule has 1 aromatic rings. The Labute approximate surface area is 99.2 Å². The van der Waals surface area contributed by atoms with Crippen molar-refractivity contribution < 1.29 is 14.3 Å². The molecule has 1 aliphatic rings. The lowest BCUT2D eigenvalue weighted by Gasteiger charge is -2.32. The van der Waals surface area contributed by atoms with Crippen molar-refractivity contribution in [1.29, 1.82) is 0 Å². The highest BCUT2D eigenvalue weighted by molar-refractivity contribution is 6.04. The van der Waals surface area contributed by atoms with Gasteiger partial charge >= 0.3 is 0 Å². The number of hydrogen-bond donors (Lipinski definition) is 1. The third-order valence-corrected chi connectivity index (χ3v) is 2.57. The van der Waals surface area contributed by atoms with E-state index in [1.54, 1.807) is 25.1 Å². The second-order valence-corrected chi connectivity index (χ2v) is 4.11. The van der Waals surface area contributed by atoms with E-state index in [0.29, 0.717) is 17.1 Å². The number of benzene rings is 1. The minimum Gasteiger partial charge on any atom is -0.479 e. The summed E-state index contributed by atoms with van der Waals surface area (Å²) in [5.41, 5.74) is 6.77. The zero-order chi connectivity index (χ0) is 12.6. The maximum absolute atomic E-state index is 11.9. The van der Waals surface area contributed by atoms with Crippen LogP contribution in [0.25, 0.3) is 0 Å². The van der Waals surface area contributed by atoms with E-state index in [-0.39, 0.29) is 18.2 Å². The number of Topliss-reactive ketones (excluding diaryl/α,β-unsaturated/α-hetero) is 1. The summed E-state index contributed by atoms with van der Waals surface area (Å²) < 4.78 is 5.45. The molecule has 90 valence electrons. The van der Waals surface area contributed by atoms with Crippen LogP contribution < -0.4 is 15.4 Å². The van der Waals surface area contributed by atoms with E-state index in [9.17, 15) is 9.59 Å². The first kappa shape index (κ1) is 11.4. The topological polar surface area (TPSA) is 72.6 Å². The molecule has 1 heterocycles. The first-order valence-electron chi connectivity index (χ1n) is 5.36. The molecule has 0 radical (unpaired) electrons. The van der Waals surface area contributed by atoms with Gasteiger partial charge in [0.25, 0.3) is 5.91 Å². The second kappa shape index (κ2) is 4.08. The molecule has 1 amide bonds. The van der Waals surface area contributed by atoms with E-state index in [4.69, 9.17) is 10.5 Å². The predicted octanol–water partition coefficient (Wildman–Crippen LogP) is 0.972. The molecule has 17 heavy (non-hydrogen) atoms. The number of nitrogens with two attached hydrogens (primary N) is 1. The molecule has 2 N–H and O–H groups in total. The summed E-state index contributed by atoms with van der Waals surface area (Å²) in [7, 11) is 0. The van der Waals surface area contributed by atoms with Crippen LogP contribution in [0, 0.1) is 0 Å². The van der Waals surface area contributed by atoms with Crippen LogP contribution >= 0.6 is 0 Å². The number of amides is 1. The average Bonchev–Trinajstić information content (AvgIpc) is 2.25. The Kier molecular flexibility index (Phi) is 2.75. The molecular weight excluding hydrogens is 220 g/mol. The summed E-state index contributed by atoms with van der Waals surface area (Å²) in [4.78, 5) is 24.6. The van der Waals surface area contributed by atoms with E-state index in [1.807, 2.05) is 0 Å². The van der Waals surface area contributed by atoms with Crippen LogP contribution in [0.5, 0.6) is 5.75 Å². The molecule has 0 bridgehead atoms. The van der Waals surface area contributed by atoms with E-state index < -0.39 is 6.10 Å². The molecule has 1 aromatic carbocycles. The quantitative estimate of drug-likeness (QED) is 0.774. The van der Waals surface area contributed by atoms with Crippen LogP contribution in [0.1, 0.15) is 13.8 Å². The Morgan fingerprint density at radius 3 is 2.88 bits per heavy atom. The molecule has 0 aliphatic carbocycles. The maximum atomic E-state index is 11.9. The summed E-state index contributed by atoms with van der Waals surface area (Å²) >= 11 is 0. The molecule has 1 unspecified atom stereocenters. The van der Waals surface area contributed by atoms with Gasteiger partial charge in [-0.05, 0) is 32.0 Å². The Balaban J connectivity index is 2.46. The van der Waals surface area contributed by atoms with Gasteiger partial charge in [-0.3, -0.25) is 14.5 Å². The number of nitrogens with zero attached hydrogens (tertiary/aromatic N) is 1. The number of carbonyl (C=O) groups excluding carboxylic acids is 2. The number of carbonyl (C=O) groups is 2.